The molecular formula is C14H15ClO3S. The fourth-order valence-corrected chi connectivity index (χ4v) is 3.47. The number of hydrogen-bond donors (Lipinski definition) is 0. The van der Waals surface area contributed by atoms with Gasteiger partial charge in [0.2, 0.25) is 0 Å². The molecule has 0 unspecified atom stereocenters. The zero-order chi connectivity index (χ0) is 13.9. The molecular weight excluding hydrogens is 284 g/mol. The maximum Gasteiger partial charge on any atom is 0.306 e. The van der Waals surface area contributed by atoms with E-state index in [1.807, 2.05) is 0 Å². The Bertz CT molecular complexity index is 497. The van der Waals surface area contributed by atoms with Gasteiger partial charge in [-0.25, -0.2) is 0 Å². The fraction of sp³-hybridized carbons (Fsp3) is 0.429. The molecule has 0 spiro atoms. The lowest BCUT2D eigenvalue weighted by atomic mass is 10.1. The second kappa shape index (κ2) is 5.97. The van der Waals surface area contributed by atoms with E-state index < -0.39 is 0 Å². The van der Waals surface area contributed by atoms with E-state index in [2.05, 4.69) is 0 Å². The minimum absolute atomic E-state index is 0.0419. The molecule has 0 aliphatic heterocycles. The van der Waals surface area contributed by atoms with E-state index in [9.17, 15) is 9.59 Å². The topological polar surface area (TPSA) is 43.4 Å². The summed E-state index contributed by atoms with van der Waals surface area (Å²) in [4.78, 5) is 23.2. The zero-order valence-corrected chi connectivity index (χ0v) is 12.2. The lowest BCUT2D eigenvalue weighted by Crippen LogP contribution is -2.13. The van der Waals surface area contributed by atoms with Gasteiger partial charge < -0.3 is 4.74 Å². The quantitative estimate of drug-likeness (QED) is 0.457. The van der Waals surface area contributed by atoms with Gasteiger partial charge in [0.15, 0.2) is 6.29 Å². The summed E-state index contributed by atoms with van der Waals surface area (Å²) in [7, 11) is 1.41. The van der Waals surface area contributed by atoms with Gasteiger partial charge in [0, 0.05) is 21.2 Å². The van der Waals surface area contributed by atoms with Gasteiger partial charge in [0.05, 0.1) is 13.5 Å². The Labute approximate surface area is 121 Å². The van der Waals surface area contributed by atoms with E-state index in [1.54, 1.807) is 30.0 Å². The monoisotopic (exact) mass is 298 g/mol. The van der Waals surface area contributed by atoms with Gasteiger partial charge in [0.1, 0.15) is 0 Å². The molecule has 0 amide bonds. The Morgan fingerprint density at radius 2 is 2.26 bits per heavy atom. The molecule has 3 nitrogen and oxygen atoms in total. The van der Waals surface area contributed by atoms with Crippen LogP contribution in [0.1, 0.15) is 29.6 Å². The van der Waals surface area contributed by atoms with Crippen molar-refractivity contribution in [3.8, 4) is 0 Å². The van der Waals surface area contributed by atoms with Gasteiger partial charge in [-0.2, -0.15) is 0 Å². The molecule has 0 atom stereocenters. The molecule has 2 rings (SSSR count). The number of methoxy groups -OCH3 is 1. The van der Waals surface area contributed by atoms with Gasteiger partial charge in [0.25, 0.3) is 0 Å². The Morgan fingerprint density at radius 3 is 2.84 bits per heavy atom. The van der Waals surface area contributed by atoms with Crippen LogP contribution in [0.25, 0.3) is 0 Å². The van der Waals surface area contributed by atoms with Crippen molar-refractivity contribution in [2.24, 2.45) is 5.41 Å². The molecule has 0 bridgehead atoms. The number of carbonyl (C=O) groups is 2. The van der Waals surface area contributed by atoms with Gasteiger partial charge in [-0.3, -0.25) is 9.59 Å². The normalized spacial score (nSPS) is 15.9. The van der Waals surface area contributed by atoms with Crippen molar-refractivity contribution in [3.05, 3.63) is 28.8 Å². The number of carbonyl (C=O) groups excluding carboxylic acids is 2. The number of ether oxygens (including phenoxy) is 1. The summed E-state index contributed by atoms with van der Waals surface area (Å²) in [6.07, 6.45) is 3.35. The third-order valence-electron chi connectivity index (χ3n) is 3.34. The molecule has 1 saturated carbocycles. The van der Waals surface area contributed by atoms with E-state index in [4.69, 9.17) is 16.3 Å². The molecule has 1 aliphatic rings. The first-order valence-corrected chi connectivity index (χ1v) is 7.39. The summed E-state index contributed by atoms with van der Waals surface area (Å²) in [5.74, 6) is 0.642. The van der Waals surface area contributed by atoms with Crippen molar-refractivity contribution >= 4 is 35.6 Å². The van der Waals surface area contributed by atoms with Crippen molar-refractivity contribution < 1.29 is 14.3 Å². The molecule has 0 N–H and O–H groups in total. The molecule has 0 radical (unpaired) electrons. The van der Waals surface area contributed by atoms with Crippen LogP contribution in [-0.2, 0) is 9.53 Å². The molecule has 1 fully saturated rings. The Kier molecular flexibility index (Phi) is 4.53. The number of esters is 1. The van der Waals surface area contributed by atoms with Crippen molar-refractivity contribution in [2.45, 2.75) is 24.2 Å². The minimum Gasteiger partial charge on any atom is -0.469 e. The maximum absolute atomic E-state index is 11.3. The molecule has 19 heavy (non-hydrogen) atoms. The third kappa shape index (κ3) is 3.74. The van der Waals surface area contributed by atoms with Crippen LogP contribution >= 0.6 is 23.4 Å². The molecule has 0 saturated heterocycles. The van der Waals surface area contributed by atoms with E-state index >= 15 is 0 Å². The number of halogens is 1. The largest absolute Gasteiger partial charge is 0.469 e. The van der Waals surface area contributed by atoms with Crippen molar-refractivity contribution in [1.82, 2.24) is 0 Å². The number of thioether (sulfide) groups is 1. The van der Waals surface area contributed by atoms with Crippen LogP contribution in [0.15, 0.2) is 23.1 Å². The highest BCUT2D eigenvalue weighted by molar-refractivity contribution is 7.99. The SMILES string of the molecule is COC(=O)CC1(CSc2cc(Cl)ccc2C=O)CC1. The maximum atomic E-state index is 11.3. The van der Waals surface area contributed by atoms with Crippen LogP contribution in [0.2, 0.25) is 5.02 Å². The molecule has 0 heterocycles. The summed E-state index contributed by atoms with van der Waals surface area (Å²) < 4.78 is 4.72. The average Bonchev–Trinajstić information content (AvgIpc) is 3.16. The van der Waals surface area contributed by atoms with E-state index in [0.717, 1.165) is 29.8 Å². The van der Waals surface area contributed by atoms with Crippen LogP contribution in [-0.4, -0.2) is 25.1 Å². The number of hydrogen-bond acceptors (Lipinski definition) is 4. The number of rotatable bonds is 6. The van der Waals surface area contributed by atoms with E-state index in [0.29, 0.717) is 17.0 Å². The summed E-state index contributed by atoms with van der Waals surface area (Å²) in [6.45, 7) is 0. The fourth-order valence-electron chi connectivity index (χ4n) is 1.89. The first-order chi connectivity index (χ1) is 9.08. The smallest absolute Gasteiger partial charge is 0.306 e. The van der Waals surface area contributed by atoms with E-state index in [1.165, 1.54) is 7.11 Å². The summed E-state index contributed by atoms with van der Waals surface area (Å²) in [6, 6.07) is 5.22. The summed E-state index contributed by atoms with van der Waals surface area (Å²) in [5, 5.41) is 0.617. The van der Waals surface area contributed by atoms with Gasteiger partial charge in [-0.1, -0.05) is 11.6 Å². The van der Waals surface area contributed by atoms with Crippen LogP contribution in [0.4, 0.5) is 0 Å². The average molecular weight is 299 g/mol. The molecule has 1 aromatic rings. The van der Waals surface area contributed by atoms with Crippen LogP contribution in [0.5, 0.6) is 0 Å². The molecule has 1 aliphatic carbocycles. The lowest BCUT2D eigenvalue weighted by molar-refractivity contribution is -0.141. The summed E-state index contributed by atoms with van der Waals surface area (Å²) in [5.41, 5.74) is 0.684. The van der Waals surface area contributed by atoms with Crippen LogP contribution < -0.4 is 0 Å². The zero-order valence-electron chi connectivity index (χ0n) is 10.6. The standard InChI is InChI=1S/C14H15ClO3S/c1-18-13(17)7-14(4-5-14)9-19-12-6-11(15)3-2-10(12)8-16/h2-3,6,8H,4-5,7,9H2,1H3. The Morgan fingerprint density at radius 1 is 1.53 bits per heavy atom. The van der Waals surface area contributed by atoms with Gasteiger partial charge in [-0.15, -0.1) is 11.8 Å². The molecule has 5 heteroatoms. The predicted molar refractivity (Wildman–Crippen MR) is 75.9 cm³/mol. The summed E-state index contributed by atoms with van der Waals surface area (Å²) >= 11 is 7.53. The molecule has 102 valence electrons. The van der Waals surface area contributed by atoms with Crippen LogP contribution in [0, 0.1) is 5.41 Å². The molecule has 1 aromatic carbocycles. The van der Waals surface area contributed by atoms with Gasteiger partial charge in [-0.05, 0) is 36.5 Å². The Balaban J connectivity index is 2.01. The van der Waals surface area contributed by atoms with E-state index in [-0.39, 0.29) is 11.4 Å². The minimum atomic E-state index is -0.167. The first kappa shape index (κ1) is 14.4. The third-order valence-corrected chi connectivity index (χ3v) is 5.00. The highest BCUT2D eigenvalue weighted by atomic mass is 35.5. The van der Waals surface area contributed by atoms with Crippen LogP contribution in [0.3, 0.4) is 0 Å². The second-order valence-electron chi connectivity index (χ2n) is 4.84. The highest BCUT2D eigenvalue weighted by Gasteiger charge is 2.44. The number of aldehydes is 1. The van der Waals surface area contributed by atoms with Crippen molar-refractivity contribution in [3.63, 3.8) is 0 Å². The Hall–Kier alpha value is -1.00. The number of benzene rings is 1. The highest BCUT2D eigenvalue weighted by Crippen LogP contribution is 2.52. The second-order valence-corrected chi connectivity index (χ2v) is 6.30. The van der Waals surface area contributed by atoms with Gasteiger partial charge >= 0.3 is 5.97 Å². The lowest BCUT2D eigenvalue weighted by Gasteiger charge is -2.14. The molecule has 0 aromatic heterocycles. The van der Waals surface area contributed by atoms with Crippen molar-refractivity contribution in [1.29, 1.82) is 0 Å². The first-order valence-electron chi connectivity index (χ1n) is 6.03. The predicted octanol–water partition coefficient (Wildman–Crippen LogP) is 3.59. The van der Waals surface area contributed by atoms with Crippen molar-refractivity contribution in [2.75, 3.05) is 12.9 Å².